The van der Waals surface area contributed by atoms with Crippen LogP contribution in [0.1, 0.15) is 32.4 Å². The van der Waals surface area contributed by atoms with Crippen molar-refractivity contribution in [1.29, 1.82) is 0 Å². The fraction of sp³-hybridized carbons (Fsp3) is 0.407. The summed E-state index contributed by atoms with van der Waals surface area (Å²) >= 11 is 5.94. The van der Waals surface area contributed by atoms with E-state index in [0.717, 1.165) is 5.56 Å². The number of esters is 1. The van der Waals surface area contributed by atoms with Gasteiger partial charge in [-0.25, -0.2) is 18.0 Å². The lowest BCUT2D eigenvalue weighted by Gasteiger charge is -2.42. The molecule has 11 heteroatoms. The van der Waals surface area contributed by atoms with Crippen LogP contribution in [0.4, 0.5) is 4.79 Å². The van der Waals surface area contributed by atoms with Gasteiger partial charge in [0.25, 0.3) is 0 Å². The number of amides is 2. The first kappa shape index (κ1) is 28.1. The van der Waals surface area contributed by atoms with Gasteiger partial charge in [-0.3, -0.25) is 9.80 Å². The molecule has 9 nitrogen and oxygen atoms in total. The van der Waals surface area contributed by atoms with E-state index in [0.29, 0.717) is 42.5 Å². The van der Waals surface area contributed by atoms with E-state index in [4.69, 9.17) is 16.3 Å². The Morgan fingerprint density at radius 3 is 2.37 bits per heavy atom. The third-order valence-electron chi connectivity index (χ3n) is 6.83. The maximum atomic E-state index is 13.3. The van der Waals surface area contributed by atoms with Crippen molar-refractivity contribution in [2.45, 2.75) is 37.8 Å². The number of carbonyl (C=O) groups is 2. The summed E-state index contributed by atoms with van der Waals surface area (Å²) in [5.41, 5.74) is 1.75. The van der Waals surface area contributed by atoms with Gasteiger partial charge in [0.2, 0.25) is 10.0 Å². The molecule has 2 aliphatic rings. The van der Waals surface area contributed by atoms with E-state index in [1.807, 2.05) is 44.2 Å². The summed E-state index contributed by atoms with van der Waals surface area (Å²) in [6, 6.07) is 14.2. The Morgan fingerprint density at radius 1 is 1.08 bits per heavy atom. The van der Waals surface area contributed by atoms with Crippen molar-refractivity contribution in [3.05, 3.63) is 76.5 Å². The Hall–Kier alpha value is -2.92. The van der Waals surface area contributed by atoms with Crippen LogP contribution < -0.4 is 5.32 Å². The summed E-state index contributed by atoms with van der Waals surface area (Å²) in [5.74, 6) is -0.480. The van der Waals surface area contributed by atoms with Gasteiger partial charge in [0.1, 0.15) is 0 Å². The molecule has 204 valence electrons. The molecule has 0 aromatic heterocycles. The lowest BCUT2D eigenvalue weighted by atomic mass is 9.94. The van der Waals surface area contributed by atoms with E-state index in [-0.39, 0.29) is 30.1 Å². The monoisotopic (exact) mass is 560 g/mol. The van der Waals surface area contributed by atoms with E-state index in [2.05, 4.69) is 10.2 Å². The van der Waals surface area contributed by atoms with Crippen molar-refractivity contribution in [2.24, 2.45) is 0 Å². The lowest BCUT2D eigenvalue weighted by Crippen LogP contribution is -2.56. The largest absolute Gasteiger partial charge is 0.463 e. The number of ether oxygens (including phenoxy) is 1. The van der Waals surface area contributed by atoms with Crippen LogP contribution in [0.15, 0.2) is 70.8 Å². The summed E-state index contributed by atoms with van der Waals surface area (Å²) in [4.78, 5) is 30.2. The van der Waals surface area contributed by atoms with E-state index >= 15 is 0 Å². The normalized spacial score (nSPS) is 21.4. The second-order valence-corrected chi connectivity index (χ2v) is 11.6. The highest BCUT2D eigenvalue weighted by molar-refractivity contribution is 7.89. The summed E-state index contributed by atoms with van der Waals surface area (Å²) in [5, 5.41) is 3.43. The minimum absolute atomic E-state index is 0.196. The van der Waals surface area contributed by atoms with E-state index in [1.165, 1.54) is 16.4 Å². The fourth-order valence-corrected chi connectivity index (χ4v) is 6.76. The van der Waals surface area contributed by atoms with Gasteiger partial charge in [-0.05, 0) is 50.6 Å². The quantitative estimate of drug-likeness (QED) is 0.495. The Morgan fingerprint density at radius 2 is 1.76 bits per heavy atom. The van der Waals surface area contributed by atoms with Crippen LogP contribution in [0, 0.1) is 0 Å². The molecule has 0 aliphatic carbocycles. The molecule has 0 radical (unpaired) electrons. The number of carbonyl (C=O) groups excluding carboxylic acids is 2. The molecule has 0 bridgehead atoms. The zero-order valence-electron chi connectivity index (χ0n) is 21.8. The zero-order valence-corrected chi connectivity index (χ0v) is 23.3. The van der Waals surface area contributed by atoms with Gasteiger partial charge in [-0.15, -0.1) is 0 Å². The molecule has 0 spiro atoms. The summed E-state index contributed by atoms with van der Waals surface area (Å²) < 4.78 is 33.5. The number of urea groups is 1. The molecular weight excluding hydrogens is 528 g/mol. The van der Waals surface area contributed by atoms with Crippen molar-refractivity contribution in [2.75, 3.05) is 39.3 Å². The smallest absolute Gasteiger partial charge is 0.338 e. The first-order valence-corrected chi connectivity index (χ1v) is 14.5. The molecule has 1 N–H and O–H groups in total. The molecule has 2 atom stereocenters. The number of sulfonamides is 1. The van der Waals surface area contributed by atoms with Crippen molar-refractivity contribution in [3.63, 3.8) is 0 Å². The van der Waals surface area contributed by atoms with Crippen LogP contribution in [0.5, 0.6) is 0 Å². The summed E-state index contributed by atoms with van der Waals surface area (Å²) in [7, 11) is -3.70. The maximum absolute atomic E-state index is 13.3. The van der Waals surface area contributed by atoms with Crippen molar-refractivity contribution < 1.29 is 22.7 Å². The number of hydrogen-bond acceptors (Lipinski definition) is 6. The highest BCUT2D eigenvalue weighted by atomic mass is 35.5. The van der Waals surface area contributed by atoms with Gasteiger partial charge in [0.15, 0.2) is 0 Å². The molecule has 2 aromatic rings. The second kappa shape index (κ2) is 11.9. The predicted octanol–water partition coefficient (Wildman–Crippen LogP) is 3.64. The molecule has 2 aromatic carbocycles. The van der Waals surface area contributed by atoms with E-state index in [1.54, 1.807) is 24.0 Å². The number of likely N-dealkylation sites (N-methyl/N-ethyl adjacent to an activating group) is 1. The fourth-order valence-electron chi connectivity index (χ4n) is 5.02. The molecule has 2 amide bonds. The minimum Gasteiger partial charge on any atom is -0.463 e. The van der Waals surface area contributed by atoms with Crippen LogP contribution in [0.3, 0.4) is 0 Å². The van der Waals surface area contributed by atoms with Crippen LogP contribution in [0.2, 0.25) is 5.02 Å². The Balaban J connectivity index is 1.63. The molecule has 0 unspecified atom stereocenters. The number of nitrogens with zero attached hydrogens (tertiary/aromatic N) is 3. The van der Waals surface area contributed by atoms with Gasteiger partial charge in [-0.1, -0.05) is 41.9 Å². The van der Waals surface area contributed by atoms with Crippen LogP contribution >= 0.6 is 11.6 Å². The van der Waals surface area contributed by atoms with Crippen molar-refractivity contribution in [3.8, 4) is 0 Å². The summed E-state index contributed by atoms with van der Waals surface area (Å²) in [6.45, 7) is 7.47. The van der Waals surface area contributed by atoms with E-state index < -0.39 is 22.0 Å². The Labute approximate surface area is 229 Å². The predicted molar refractivity (Wildman–Crippen MR) is 145 cm³/mol. The van der Waals surface area contributed by atoms with Gasteiger partial charge in [0.05, 0.1) is 23.1 Å². The van der Waals surface area contributed by atoms with Crippen LogP contribution in [-0.4, -0.2) is 79.9 Å². The molecule has 4 rings (SSSR count). The van der Waals surface area contributed by atoms with Gasteiger partial charge in [0, 0.05) is 49.5 Å². The average molecular weight is 561 g/mol. The van der Waals surface area contributed by atoms with Crippen LogP contribution in [0.25, 0.3) is 0 Å². The minimum atomic E-state index is -3.70. The molecule has 1 saturated heterocycles. The number of hydrogen-bond donors (Lipinski definition) is 1. The molecule has 2 aliphatic heterocycles. The molecule has 0 saturated carbocycles. The highest BCUT2D eigenvalue weighted by Gasteiger charge is 2.40. The van der Waals surface area contributed by atoms with Gasteiger partial charge in [-0.2, -0.15) is 4.31 Å². The Kier molecular flexibility index (Phi) is 8.77. The molecule has 1 fully saturated rings. The number of halogens is 1. The molecule has 38 heavy (non-hydrogen) atoms. The topological polar surface area (TPSA) is 99.3 Å². The number of nitrogens with one attached hydrogen (secondary N) is 1. The lowest BCUT2D eigenvalue weighted by molar-refractivity contribution is -0.139. The van der Waals surface area contributed by atoms with Crippen molar-refractivity contribution >= 4 is 33.6 Å². The molecule has 2 heterocycles. The Bertz CT molecular complexity index is 1300. The zero-order chi connectivity index (χ0) is 27.4. The van der Waals surface area contributed by atoms with Gasteiger partial charge >= 0.3 is 12.0 Å². The standard InChI is InChI=1S/C27H33ClN4O5S/c1-4-31-23(24(26(33)37-5-2)25(29-27(31)34)20-9-7-6-8-10-20)18-30-15-16-32(19(3)17-30)38(35,36)22-13-11-21(28)12-14-22/h6-14,19,25H,4-5,15-18H2,1-3H3,(H,29,34)/t19-,25-/m1/s1. The third kappa shape index (κ3) is 5.73. The van der Waals surface area contributed by atoms with Crippen molar-refractivity contribution in [1.82, 2.24) is 19.4 Å². The highest BCUT2D eigenvalue weighted by Crippen LogP contribution is 2.32. The van der Waals surface area contributed by atoms with Gasteiger partial charge < -0.3 is 10.1 Å². The third-order valence-corrected chi connectivity index (χ3v) is 9.11. The van der Waals surface area contributed by atoms with E-state index in [9.17, 15) is 18.0 Å². The first-order chi connectivity index (χ1) is 18.2. The second-order valence-electron chi connectivity index (χ2n) is 9.27. The number of piperazine rings is 1. The van der Waals surface area contributed by atoms with Crippen LogP contribution in [-0.2, 0) is 19.6 Å². The maximum Gasteiger partial charge on any atom is 0.338 e. The first-order valence-electron chi connectivity index (χ1n) is 12.7. The number of rotatable bonds is 8. The number of benzene rings is 2. The average Bonchev–Trinajstić information content (AvgIpc) is 2.89. The SMILES string of the molecule is CCOC(=O)C1=C(CN2CCN(S(=O)(=O)c3ccc(Cl)cc3)[C@H](C)C2)N(CC)C(=O)N[C@@H]1c1ccccc1. The molecular formula is C27H33ClN4O5S. The summed E-state index contributed by atoms with van der Waals surface area (Å²) in [6.07, 6.45) is 0.